The van der Waals surface area contributed by atoms with Crippen molar-refractivity contribution in [1.29, 1.82) is 0 Å². The van der Waals surface area contributed by atoms with Crippen LogP contribution in [0.25, 0.3) is 0 Å². The minimum absolute atomic E-state index is 0.00715. The van der Waals surface area contributed by atoms with E-state index < -0.39 is 0 Å². The summed E-state index contributed by atoms with van der Waals surface area (Å²) >= 11 is 1.51. The van der Waals surface area contributed by atoms with E-state index in [4.69, 9.17) is 0 Å². The maximum atomic E-state index is 11.9. The van der Waals surface area contributed by atoms with Gasteiger partial charge in [0.1, 0.15) is 0 Å². The van der Waals surface area contributed by atoms with Gasteiger partial charge in [0.05, 0.1) is 11.4 Å². The third-order valence-corrected chi connectivity index (χ3v) is 3.84. The molecule has 0 radical (unpaired) electrons. The number of nitrogens with one attached hydrogen (secondary N) is 2. The molecule has 0 spiro atoms. The second kappa shape index (κ2) is 6.02. The Morgan fingerprint density at radius 3 is 3.11 bits per heavy atom. The maximum Gasteiger partial charge on any atom is 0.234 e. The molecule has 2 N–H and O–H groups in total. The normalized spacial score (nSPS) is 13.9. The molecule has 2 rings (SSSR count). The van der Waals surface area contributed by atoms with E-state index in [0.29, 0.717) is 17.7 Å². The van der Waals surface area contributed by atoms with Gasteiger partial charge in [-0.25, -0.2) is 0 Å². The fraction of sp³-hybridized carbons (Fsp3) is 0.385. The van der Waals surface area contributed by atoms with E-state index in [1.165, 1.54) is 11.8 Å². The highest BCUT2D eigenvalue weighted by Crippen LogP contribution is 2.32. The number of hydrogen-bond acceptors (Lipinski definition) is 4. The first-order chi connectivity index (χ1) is 8.70. The zero-order valence-electron chi connectivity index (χ0n) is 10.3. The van der Waals surface area contributed by atoms with Crippen molar-refractivity contribution in [3.63, 3.8) is 0 Å². The Morgan fingerprint density at radius 2 is 2.33 bits per heavy atom. The number of carbonyl (C=O) groups excluding carboxylic acids is 2. The van der Waals surface area contributed by atoms with Crippen molar-refractivity contribution in [2.45, 2.75) is 17.7 Å². The molecule has 0 unspecified atom stereocenters. The maximum absolute atomic E-state index is 11.9. The Morgan fingerprint density at radius 1 is 1.50 bits per heavy atom. The van der Waals surface area contributed by atoms with Gasteiger partial charge in [-0.3, -0.25) is 9.59 Å². The summed E-state index contributed by atoms with van der Waals surface area (Å²) in [6.07, 6.45) is 1.36. The molecule has 1 aliphatic rings. The van der Waals surface area contributed by atoms with E-state index in [2.05, 4.69) is 10.6 Å². The summed E-state index contributed by atoms with van der Waals surface area (Å²) < 4.78 is 0. The molecular weight excluding hydrogens is 248 g/mol. The molecule has 96 valence electrons. The van der Waals surface area contributed by atoms with E-state index in [9.17, 15) is 9.59 Å². The van der Waals surface area contributed by atoms with Gasteiger partial charge in [-0.2, -0.15) is 0 Å². The van der Waals surface area contributed by atoms with Gasteiger partial charge in [0, 0.05) is 16.9 Å². The van der Waals surface area contributed by atoms with Gasteiger partial charge < -0.3 is 10.6 Å². The lowest BCUT2D eigenvalue weighted by molar-refractivity contribution is -0.113. The second-order valence-electron chi connectivity index (χ2n) is 4.18. The standard InChI is InChI=1S/C13H16N2O2S/c1-14-6-2-3-11(16)9-4-5-12-10(7-9)15-13(17)8-18-12/h4-5,7,14H,2-3,6,8H2,1H3,(H,15,17). The summed E-state index contributed by atoms with van der Waals surface area (Å²) in [5.74, 6) is 0.563. The molecule has 1 aliphatic heterocycles. The molecule has 4 nitrogen and oxygen atoms in total. The van der Waals surface area contributed by atoms with E-state index in [1.54, 1.807) is 6.07 Å². The third kappa shape index (κ3) is 3.11. The number of rotatable bonds is 5. The van der Waals surface area contributed by atoms with Crippen LogP contribution in [-0.4, -0.2) is 31.0 Å². The molecule has 1 aromatic rings. The number of carbonyl (C=O) groups is 2. The monoisotopic (exact) mass is 264 g/mol. The van der Waals surface area contributed by atoms with Crippen molar-refractivity contribution >= 4 is 29.1 Å². The quantitative estimate of drug-likeness (QED) is 0.630. The molecule has 1 amide bonds. The second-order valence-corrected chi connectivity index (χ2v) is 5.20. The Bertz CT molecular complexity index is 474. The molecule has 1 aromatic carbocycles. The summed E-state index contributed by atoms with van der Waals surface area (Å²) in [6, 6.07) is 5.52. The van der Waals surface area contributed by atoms with E-state index in [-0.39, 0.29) is 11.7 Å². The average Bonchev–Trinajstić information content (AvgIpc) is 2.38. The molecular formula is C13H16N2O2S. The Labute approximate surface area is 111 Å². The fourth-order valence-corrected chi connectivity index (χ4v) is 2.62. The Balaban J connectivity index is 2.08. The van der Waals surface area contributed by atoms with Gasteiger partial charge >= 0.3 is 0 Å². The van der Waals surface area contributed by atoms with Crippen LogP contribution in [0.5, 0.6) is 0 Å². The van der Waals surface area contributed by atoms with Crippen molar-refractivity contribution in [1.82, 2.24) is 5.32 Å². The highest BCUT2D eigenvalue weighted by atomic mass is 32.2. The van der Waals surface area contributed by atoms with Gasteiger partial charge in [0.2, 0.25) is 5.91 Å². The van der Waals surface area contributed by atoms with Crippen LogP contribution in [0.15, 0.2) is 23.1 Å². The zero-order chi connectivity index (χ0) is 13.0. The number of amides is 1. The Kier molecular flexibility index (Phi) is 4.38. The number of fused-ring (bicyclic) bond motifs is 1. The van der Waals surface area contributed by atoms with Crippen LogP contribution in [0, 0.1) is 0 Å². The highest BCUT2D eigenvalue weighted by Gasteiger charge is 2.16. The molecule has 0 atom stereocenters. The molecule has 5 heteroatoms. The zero-order valence-corrected chi connectivity index (χ0v) is 11.1. The fourth-order valence-electron chi connectivity index (χ4n) is 1.83. The number of ketones is 1. The summed E-state index contributed by atoms with van der Waals surface area (Å²) in [5, 5.41) is 5.82. The van der Waals surface area contributed by atoms with Crippen molar-refractivity contribution in [2.24, 2.45) is 0 Å². The molecule has 0 saturated heterocycles. The molecule has 1 heterocycles. The SMILES string of the molecule is CNCCCC(=O)c1ccc2c(c1)NC(=O)CS2. The van der Waals surface area contributed by atoms with Crippen LogP contribution in [0.4, 0.5) is 5.69 Å². The van der Waals surface area contributed by atoms with E-state index >= 15 is 0 Å². The number of benzene rings is 1. The molecule has 0 bridgehead atoms. The van der Waals surface area contributed by atoms with Crippen molar-refractivity contribution in [3.05, 3.63) is 23.8 Å². The predicted octanol–water partition coefficient (Wildman–Crippen LogP) is 1.91. The summed E-state index contributed by atoms with van der Waals surface area (Å²) in [5.41, 5.74) is 1.43. The van der Waals surface area contributed by atoms with Gasteiger partial charge in [0.25, 0.3) is 0 Å². The average molecular weight is 264 g/mol. The molecule has 0 aliphatic carbocycles. The Hall–Kier alpha value is -1.33. The van der Waals surface area contributed by atoms with E-state index in [0.717, 1.165) is 23.5 Å². The van der Waals surface area contributed by atoms with Gasteiger partial charge in [-0.05, 0) is 32.1 Å². The van der Waals surface area contributed by atoms with Crippen LogP contribution in [-0.2, 0) is 4.79 Å². The van der Waals surface area contributed by atoms with Crippen LogP contribution < -0.4 is 10.6 Å². The summed E-state index contributed by atoms with van der Waals surface area (Å²) in [7, 11) is 1.87. The number of thioether (sulfide) groups is 1. The first-order valence-corrected chi connectivity index (χ1v) is 6.94. The van der Waals surface area contributed by atoms with Gasteiger partial charge in [-0.1, -0.05) is 6.07 Å². The molecule has 0 fully saturated rings. The molecule has 0 aromatic heterocycles. The van der Waals surface area contributed by atoms with Crippen LogP contribution >= 0.6 is 11.8 Å². The van der Waals surface area contributed by atoms with Crippen molar-refractivity contribution < 1.29 is 9.59 Å². The van der Waals surface area contributed by atoms with Crippen molar-refractivity contribution in [3.8, 4) is 0 Å². The first kappa shape index (κ1) is 13.1. The number of Topliss-reactive ketones (excluding diaryl/α,β-unsaturated/α-hetero) is 1. The van der Waals surface area contributed by atoms with Crippen molar-refractivity contribution in [2.75, 3.05) is 24.7 Å². The lowest BCUT2D eigenvalue weighted by Gasteiger charge is -2.16. The summed E-state index contributed by atoms with van der Waals surface area (Å²) in [4.78, 5) is 24.3. The lowest BCUT2D eigenvalue weighted by Crippen LogP contribution is -2.19. The van der Waals surface area contributed by atoms with Gasteiger partial charge in [-0.15, -0.1) is 11.8 Å². The predicted molar refractivity (Wildman–Crippen MR) is 73.3 cm³/mol. The molecule has 18 heavy (non-hydrogen) atoms. The highest BCUT2D eigenvalue weighted by molar-refractivity contribution is 8.00. The summed E-state index contributed by atoms with van der Waals surface area (Å²) in [6.45, 7) is 0.837. The van der Waals surface area contributed by atoms with Crippen LogP contribution in [0.2, 0.25) is 0 Å². The van der Waals surface area contributed by atoms with Gasteiger partial charge in [0.15, 0.2) is 5.78 Å². The third-order valence-electron chi connectivity index (χ3n) is 2.77. The topological polar surface area (TPSA) is 58.2 Å². The van der Waals surface area contributed by atoms with Crippen LogP contribution in [0.1, 0.15) is 23.2 Å². The first-order valence-electron chi connectivity index (χ1n) is 5.95. The lowest BCUT2D eigenvalue weighted by atomic mass is 10.1. The minimum atomic E-state index is -0.00715. The number of anilines is 1. The molecule has 0 saturated carbocycles. The largest absolute Gasteiger partial charge is 0.324 e. The van der Waals surface area contributed by atoms with Crippen LogP contribution in [0.3, 0.4) is 0 Å². The minimum Gasteiger partial charge on any atom is -0.324 e. The smallest absolute Gasteiger partial charge is 0.234 e. The van der Waals surface area contributed by atoms with E-state index in [1.807, 2.05) is 19.2 Å². The number of hydrogen-bond donors (Lipinski definition) is 2.